The molecule has 0 aromatic rings. The van der Waals surface area contributed by atoms with E-state index in [2.05, 4.69) is 33.9 Å². The van der Waals surface area contributed by atoms with E-state index in [0.29, 0.717) is 19.6 Å². The molecule has 3 amide bonds. The molecule has 0 radical (unpaired) electrons. The lowest BCUT2D eigenvalue weighted by atomic mass is 9.65. The van der Waals surface area contributed by atoms with E-state index >= 15 is 0 Å². The minimum atomic E-state index is -0.593. The van der Waals surface area contributed by atoms with Gasteiger partial charge in [0, 0.05) is 44.6 Å². The Balaban J connectivity index is 2.01. The maximum atomic E-state index is 14.5. The molecule has 0 aromatic heterocycles. The molecule has 1 N–H and O–H groups in total. The average molecular weight is 534 g/mol. The quantitative estimate of drug-likeness (QED) is 0.256. The zero-order valence-corrected chi connectivity index (χ0v) is 24.0. The average Bonchev–Trinajstić information content (AvgIpc) is 3.45. The first-order valence-electron chi connectivity index (χ1n) is 14.1. The summed E-state index contributed by atoms with van der Waals surface area (Å²) in [6, 6.07) is -0.530. The molecule has 3 fully saturated rings. The normalized spacial score (nSPS) is 30.8. The molecule has 0 saturated carbocycles. The molecule has 7 atom stereocenters. The highest BCUT2D eigenvalue weighted by molar-refractivity contribution is 8.02. The number of fused-ring (bicyclic) bond motifs is 1. The molecule has 3 heterocycles. The molecular formula is C29H47N3O4S. The summed E-state index contributed by atoms with van der Waals surface area (Å²) in [6.07, 6.45) is 9.47. The van der Waals surface area contributed by atoms with Gasteiger partial charge < -0.3 is 19.8 Å². The number of aliphatic hydroxyl groups is 1. The summed E-state index contributed by atoms with van der Waals surface area (Å²) in [5.41, 5.74) is 0. The van der Waals surface area contributed by atoms with Crippen molar-refractivity contribution in [1.29, 1.82) is 0 Å². The monoisotopic (exact) mass is 533 g/mol. The van der Waals surface area contributed by atoms with Crippen LogP contribution in [-0.2, 0) is 14.4 Å². The summed E-state index contributed by atoms with van der Waals surface area (Å²) < 4.78 is -0.593. The first kappa shape index (κ1) is 29.8. The number of rotatable bonds is 15. The third kappa shape index (κ3) is 5.38. The third-order valence-electron chi connectivity index (χ3n) is 8.70. The van der Waals surface area contributed by atoms with E-state index in [9.17, 15) is 14.4 Å². The van der Waals surface area contributed by atoms with Crippen LogP contribution in [0.1, 0.15) is 65.7 Å². The summed E-state index contributed by atoms with van der Waals surface area (Å²) in [4.78, 5) is 47.7. The molecule has 3 rings (SSSR count). The van der Waals surface area contributed by atoms with Crippen LogP contribution in [0, 0.1) is 17.8 Å². The van der Waals surface area contributed by atoms with Crippen LogP contribution in [0.5, 0.6) is 0 Å². The lowest BCUT2D eigenvalue weighted by Gasteiger charge is -2.42. The van der Waals surface area contributed by atoms with Crippen LogP contribution >= 0.6 is 11.8 Å². The van der Waals surface area contributed by atoms with Gasteiger partial charge in [-0.2, -0.15) is 0 Å². The number of likely N-dealkylation sites (N-methyl/N-ethyl adjacent to an activating group) is 1. The Morgan fingerprint density at radius 3 is 2.49 bits per heavy atom. The SMILES string of the molecule is C=CCN(C)C(=O)[C@@H]1[C@H]2C(=O)N(CCCCCCO)C(C(=O)N(CC=C)C(C)CCC)C23S[C@@H]1CC3C. The van der Waals surface area contributed by atoms with Crippen molar-refractivity contribution in [3.8, 4) is 0 Å². The van der Waals surface area contributed by atoms with Crippen molar-refractivity contribution in [2.45, 2.75) is 87.8 Å². The second-order valence-corrected chi connectivity index (χ2v) is 12.7. The zero-order chi connectivity index (χ0) is 27.3. The fourth-order valence-corrected chi connectivity index (χ4v) is 9.37. The summed E-state index contributed by atoms with van der Waals surface area (Å²) >= 11 is 1.74. The van der Waals surface area contributed by atoms with Crippen molar-refractivity contribution in [1.82, 2.24) is 14.7 Å². The van der Waals surface area contributed by atoms with Gasteiger partial charge in [0.2, 0.25) is 17.7 Å². The number of aliphatic hydroxyl groups excluding tert-OH is 1. The Hall–Kier alpha value is -1.80. The lowest BCUT2D eigenvalue weighted by Crippen LogP contribution is -2.58. The lowest BCUT2D eigenvalue weighted by molar-refractivity contribution is -0.145. The van der Waals surface area contributed by atoms with Crippen molar-refractivity contribution < 1.29 is 19.5 Å². The maximum absolute atomic E-state index is 14.5. The van der Waals surface area contributed by atoms with E-state index in [0.717, 1.165) is 44.9 Å². The number of carbonyl (C=O) groups excluding carboxylic acids is 3. The van der Waals surface area contributed by atoms with Gasteiger partial charge in [-0.15, -0.1) is 24.9 Å². The van der Waals surface area contributed by atoms with E-state index in [4.69, 9.17) is 5.11 Å². The minimum absolute atomic E-state index is 0.000367. The van der Waals surface area contributed by atoms with Crippen LogP contribution in [-0.4, -0.2) is 92.9 Å². The number of amides is 3. The first-order valence-corrected chi connectivity index (χ1v) is 14.9. The maximum Gasteiger partial charge on any atom is 0.247 e. The number of hydrogen-bond acceptors (Lipinski definition) is 5. The van der Waals surface area contributed by atoms with Gasteiger partial charge in [0.05, 0.1) is 16.6 Å². The predicted octanol–water partition coefficient (Wildman–Crippen LogP) is 3.72. The molecule has 37 heavy (non-hydrogen) atoms. The number of unbranched alkanes of at least 4 members (excludes halogenated alkanes) is 3. The smallest absolute Gasteiger partial charge is 0.247 e. The minimum Gasteiger partial charge on any atom is -0.396 e. The van der Waals surface area contributed by atoms with Gasteiger partial charge in [-0.05, 0) is 38.5 Å². The van der Waals surface area contributed by atoms with E-state index < -0.39 is 22.6 Å². The fourth-order valence-electron chi connectivity index (χ4n) is 6.96. The largest absolute Gasteiger partial charge is 0.396 e. The number of thioether (sulfide) groups is 1. The molecule has 3 aliphatic heterocycles. The molecular weight excluding hydrogens is 486 g/mol. The molecule has 1 spiro atoms. The van der Waals surface area contributed by atoms with Crippen LogP contribution in [0.15, 0.2) is 25.3 Å². The molecule has 0 aliphatic carbocycles. The standard InChI is InChI=1S/C29H47N3O4S/c1-7-14-21(5)31(16-9-3)28(36)25-29-20(4)19-22(37-29)23(26(34)30(6)15-8-2)24(29)27(35)32(25)17-12-10-11-13-18-33/h8-9,20-25,33H,2-3,7,10-19H2,1,4-6H3/t20?,21?,22-,23+,24+,25?,29?/m1/s1. The van der Waals surface area contributed by atoms with Gasteiger partial charge in [-0.3, -0.25) is 14.4 Å². The topological polar surface area (TPSA) is 81.2 Å². The summed E-state index contributed by atoms with van der Waals surface area (Å²) in [5.74, 6) is -0.777. The van der Waals surface area contributed by atoms with Crippen LogP contribution in [0.4, 0.5) is 0 Å². The number of hydrogen-bond donors (Lipinski definition) is 1. The highest BCUT2D eigenvalue weighted by atomic mass is 32.2. The van der Waals surface area contributed by atoms with Crippen molar-refractivity contribution in [2.24, 2.45) is 17.8 Å². The van der Waals surface area contributed by atoms with Crippen LogP contribution in [0.3, 0.4) is 0 Å². The van der Waals surface area contributed by atoms with Crippen molar-refractivity contribution >= 4 is 29.5 Å². The van der Waals surface area contributed by atoms with E-state index in [1.807, 2.05) is 9.80 Å². The van der Waals surface area contributed by atoms with Crippen molar-refractivity contribution in [3.63, 3.8) is 0 Å². The van der Waals surface area contributed by atoms with Crippen molar-refractivity contribution in [2.75, 3.05) is 33.3 Å². The Labute approximate surface area is 227 Å². The summed E-state index contributed by atoms with van der Waals surface area (Å²) in [6.45, 7) is 15.6. The Morgan fingerprint density at radius 1 is 1.19 bits per heavy atom. The van der Waals surface area contributed by atoms with Gasteiger partial charge in [0.1, 0.15) is 6.04 Å². The van der Waals surface area contributed by atoms with Crippen LogP contribution in [0.25, 0.3) is 0 Å². The van der Waals surface area contributed by atoms with E-state index in [-0.39, 0.29) is 41.5 Å². The van der Waals surface area contributed by atoms with Crippen molar-refractivity contribution in [3.05, 3.63) is 25.3 Å². The number of nitrogens with zero attached hydrogens (tertiary/aromatic N) is 3. The van der Waals surface area contributed by atoms with Gasteiger partial charge in [-0.25, -0.2) is 0 Å². The highest BCUT2D eigenvalue weighted by Crippen LogP contribution is 2.68. The Bertz CT molecular complexity index is 866. The first-order chi connectivity index (χ1) is 17.7. The third-order valence-corrected chi connectivity index (χ3v) is 10.8. The predicted molar refractivity (Wildman–Crippen MR) is 150 cm³/mol. The van der Waals surface area contributed by atoms with E-state index in [1.54, 1.807) is 35.9 Å². The summed E-state index contributed by atoms with van der Waals surface area (Å²) in [5, 5.41) is 9.19. The summed E-state index contributed by atoms with van der Waals surface area (Å²) in [7, 11) is 1.77. The molecule has 3 aliphatic rings. The molecule has 3 saturated heterocycles. The van der Waals surface area contributed by atoms with Crippen LogP contribution in [0.2, 0.25) is 0 Å². The fraction of sp³-hybridized carbons (Fsp3) is 0.759. The molecule has 7 nitrogen and oxygen atoms in total. The van der Waals surface area contributed by atoms with Crippen LogP contribution < -0.4 is 0 Å². The Morgan fingerprint density at radius 2 is 1.86 bits per heavy atom. The number of carbonyl (C=O) groups is 3. The van der Waals surface area contributed by atoms with Gasteiger partial charge in [0.15, 0.2) is 0 Å². The molecule has 208 valence electrons. The van der Waals surface area contributed by atoms with Gasteiger partial charge in [0.25, 0.3) is 0 Å². The molecule has 2 bridgehead atoms. The second kappa shape index (κ2) is 12.8. The molecule has 8 heteroatoms. The molecule has 0 aromatic carbocycles. The molecule has 4 unspecified atom stereocenters. The number of likely N-dealkylation sites (tertiary alicyclic amines) is 1. The second-order valence-electron chi connectivity index (χ2n) is 11.1. The van der Waals surface area contributed by atoms with E-state index in [1.165, 1.54) is 0 Å². The van der Waals surface area contributed by atoms with Gasteiger partial charge >= 0.3 is 0 Å². The zero-order valence-electron chi connectivity index (χ0n) is 23.2. The highest BCUT2D eigenvalue weighted by Gasteiger charge is 2.76. The Kier molecular flexibility index (Phi) is 10.3. The van der Waals surface area contributed by atoms with Gasteiger partial charge in [-0.1, -0.05) is 45.3 Å².